The van der Waals surface area contributed by atoms with Crippen molar-refractivity contribution in [2.24, 2.45) is 24.8 Å². The summed E-state index contributed by atoms with van der Waals surface area (Å²) in [5.41, 5.74) is 1.60. The van der Waals surface area contributed by atoms with Gasteiger partial charge in [0.2, 0.25) is 0 Å². The van der Waals surface area contributed by atoms with Crippen LogP contribution >= 0.6 is 0 Å². The number of carbonyl (C=O) groups is 1. The molecule has 1 aromatic heterocycles. The highest BCUT2D eigenvalue weighted by atomic mass is 19.4. The molecule has 3 aromatic rings. The van der Waals surface area contributed by atoms with E-state index in [0.29, 0.717) is 29.1 Å². The minimum atomic E-state index is -4.41. The average Bonchev–Trinajstić information content (AvgIpc) is 3.10. The maximum absolute atomic E-state index is 13.5. The molecule has 0 aliphatic heterocycles. The summed E-state index contributed by atoms with van der Waals surface area (Å²) in [4.78, 5) is 13.5. The van der Waals surface area contributed by atoms with E-state index >= 15 is 0 Å². The lowest BCUT2D eigenvalue weighted by Gasteiger charge is -2.37. The van der Waals surface area contributed by atoms with Gasteiger partial charge in [-0.2, -0.15) is 13.2 Å². The zero-order chi connectivity index (χ0) is 25.5. The van der Waals surface area contributed by atoms with Gasteiger partial charge in [-0.1, -0.05) is 39.3 Å². The number of ether oxygens (including phenoxy) is 1. The Bertz CT molecular complexity index is 1200. The minimum Gasteiger partial charge on any atom is -0.459 e. The number of alkyl halides is 3. The zero-order valence-electron chi connectivity index (χ0n) is 21.0. The summed E-state index contributed by atoms with van der Waals surface area (Å²) in [7, 11) is 1.86. The molecule has 4 nitrogen and oxygen atoms in total. The van der Waals surface area contributed by atoms with Crippen LogP contribution in [0.5, 0.6) is 0 Å². The third-order valence-electron chi connectivity index (χ3n) is 7.48. The summed E-state index contributed by atoms with van der Waals surface area (Å²) in [6.07, 6.45) is -1.49. The van der Waals surface area contributed by atoms with E-state index in [2.05, 4.69) is 20.8 Å². The number of hydrogen-bond donors (Lipinski definition) is 0. The number of fused-ring (bicyclic) bond motifs is 1. The van der Waals surface area contributed by atoms with Crippen molar-refractivity contribution in [2.45, 2.75) is 65.3 Å². The molecule has 1 heterocycles. The molecular formula is C28H34F3N2O2+. The van der Waals surface area contributed by atoms with Crippen molar-refractivity contribution in [2.75, 3.05) is 0 Å². The summed E-state index contributed by atoms with van der Waals surface area (Å²) < 4.78 is 49.4. The number of aryl methyl sites for hydroxylation is 1. The molecule has 4 atom stereocenters. The molecule has 0 spiro atoms. The molecule has 2 aromatic carbocycles. The number of rotatable bonds is 5. The Labute approximate surface area is 204 Å². The first-order chi connectivity index (χ1) is 16.5. The number of aromatic nitrogens is 2. The second-order valence-corrected chi connectivity index (χ2v) is 10.3. The number of esters is 1. The number of para-hydroxylation sites is 2. The number of halogens is 3. The van der Waals surface area contributed by atoms with Crippen LogP contribution in [0.2, 0.25) is 0 Å². The Morgan fingerprint density at radius 2 is 1.71 bits per heavy atom. The monoisotopic (exact) mass is 487 g/mol. The van der Waals surface area contributed by atoms with Crippen molar-refractivity contribution in [1.29, 1.82) is 0 Å². The SMILES string of the molecule is CC1CC[C@@H](C(C)C)[C@H](OC(=O)[C@@H](C)n2c(-c3ccc(C(F)(F)F)cc3)[n+](C)c3ccccc32)C1. The number of imidazole rings is 1. The van der Waals surface area contributed by atoms with Gasteiger partial charge in [-0.05, 0) is 73.9 Å². The third kappa shape index (κ3) is 4.95. The van der Waals surface area contributed by atoms with E-state index in [0.717, 1.165) is 42.4 Å². The zero-order valence-corrected chi connectivity index (χ0v) is 21.0. The van der Waals surface area contributed by atoms with Gasteiger partial charge in [-0.15, -0.1) is 0 Å². The lowest BCUT2D eigenvalue weighted by atomic mass is 9.75. The highest BCUT2D eigenvalue weighted by Gasteiger charge is 2.38. The van der Waals surface area contributed by atoms with Crippen molar-refractivity contribution in [3.63, 3.8) is 0 Å². The van der Waals surface area contributed by atoms with Crippen molar-refractivity contribution >= 4 is 17.0 Å². The Morgan fingerprint density at radius 1 is 1.06 bits per heavy atom. The van der Waals surface area contributed by atoms with E-state index in [1.807, 2.05) is 40.4 Å². The lowest BCUT2D eigenvalue weighted by molar-refractivity contribution is -0.634. The van der Waals surface area contributed by atoms with Crippen LogP contribution in [0.3, 0.4) is 0 Å². The van der Waals surface area contributed by atoms with Crippen molar-refractivity contribution < 1.29 is 27.3 Å². The first-order valence-corrected chi connectivity index (χ1v) is 12.4. The summed E-state index contributed by atoms with van der Waals surface area (Å²) >= 11 is 0. The number of carbonyl (C=O) groups excluding carboxylic acids is 1. The topological polar surface area (TPSA) is 35.1 Å². The van der Waals surface area contributed by atoms with Crippen LogP contribution < -0.4 is 4.57 Å². The largest absolute Gasteiger partial charge is 0.459 e. The summed E-state index contributed by atoms with van der Waals surface area (Å²) in [6, 6.07) is 12.1. The van der Waals surface area contributed by atoms with E-state index < -0.39 is 17.8 Å². The predicted molar refractivity (Wildman–Crippen MR) is 129 cm³/mol. The molecule has 0 bridgehead atoms. The molecule has 0 N–H and O–H groups in total. The normalized spacial score (nSPS) is 21.9. The molecule has 7 heteroatoms. The van der Waals surface area contributed by atoms with Crippen LogP contribution in [0, 0.1) is 17.8 Å². The Kier molecular flexibility index (Phi) is 6.98. The van der Waals surface area contributed by atoms with Gasteiger partial charge in [0.15, 0.2) is 17.1 Å². The highest BCUT2D eigenvalue weighted by Crippen LogP contribution is 2.37. The first-order valence-electron chi connectivity index (χ1n) is 12.4. The van der Waals surface area contributed by atoms with Gasteiger partial charge in [0.05, 0.1) is 18.2 Å². The van der Waals surface area contributed by atoms with Gasteiger partial charge in [-0.25, -0.2) is 13.9 Å². The van der Waals surface area contributed by atoms with Crippen LogP contribution in [0.1, 0.15) is 58.6 Å². The maximum Gasteiger partial charge on any atom is 0.416 e. The first kappa shape index (κ1) is 25.3. The van der Waals surface area contributed by atoms with Crippen LogP contribution in [-0.4, -0.2) is 16.6 Å². The van der Waals surface area contributed by atoms with E-state index in [4.69, 9.17) is 4.74 Å². The smallest absolute Gasteiger partial charge is 0.416 e. The fourth-order valence-corrected chi connectivity index (χ4v) is 5.48. The molecule has 4 rings (SSSR count). The standard InChI is InChI=1S/C28H34F3N2O2/c1-17(2)22-15-10-18(3)16-25(22)35-27(34)19(4)33-24-9-7-6-8-23(24)32(5)26(33)20-11-13-21(14-12-20)28(29,30)31/h6-9,11-14,17-19,22,25H,10,15-16H2,1-5H3/q+1/t18?,19-,22+,25-/m1/s1. The Hall–Kier alpha value is -2.83. The number of nitrogens with zero attached hydrogens (tertiary/aromatic N) is 2. The molecule has 188 valence electrons. The average molecular weight is 488 g/mol. The van der Waals surface area contributed by atoms with E-state index in [-0.39, 0.29) is 12.1 Å². The van der Waals surface area contributed by atoms with Crippen LogP contribution in [0.15, 0.2) is 48.5 Å². The fourth-order valence-electron chi connectivity index (χ4n) is 5.48. The van der Waals surface area contributed by atoms with Gasteiger partial charge in [0.25, 0.3) is 5.82 Å². The summed E-state index contributed by atoms with van der Waals surface area (Å²) in [6.45, 7) is 8.35. The van der Waals surface area contributed by atoms with Crippen molar-refractivity contribution in [3.8, 4) is 11.4 Å². The minimum absolute atomic E-state index is 0.126. The summed E-state index contributed by atoms with van der Waals surface area (Å²) in [5, 5.41) is 0. The van der Waals surface area contributed by atoms with E-state index in [1.165, 1.54) is 12.1 Å². The Morgan fingerprint density at radius 3 is 2.34 bits per heavy atom. The van der Waals surface area contributed by atoms with Crippen LogP contribution in [0.25, 0.3) is 22.4 Å². The molecule has 1 aliphatic rings. The number of benzene rings is 2. The Balaban J connectivity index is 1.73. The van der Waals surface area contributed by atoms with Crippen molar-refractivity contribution in [3.05, 3.63) is 54.1 Å². The molecule has 1 unspecified atom stereocenters. The molecule has 1 fully saturated rings. The molecule has 1 saturated carbocycles. The van der Waals surface area contributed by atoms with E-state index in [1.54, 1.807) is 6.92 Å². The van der Waals surface area contributed by atoms with Gasteiger partial charge >= 0.3 is 12.1 Å². The van der Waals surface area contributed by atoms with Gasteiger partial charge < -0.3 is 4.74 Å². The quantitative estimate of drug-likeness (QED) is 0.296. The van der Waals surface area contributed by atoms with E-state index in [9.17, 15) is 18.0 Å². The summed E-state index contributed by atoms with van der Waals surface area (Å²) in [5.74, 6) is 1.59. The molecule has 1 aliphatic carbocycles. The second-order valence-electron chi connectivity index (χ2n) is 10.3. The van der Waals surface area contributed by atoms with Crippen LogP contribution in [0.4, 0.5) is 13.2 Å². The molecule has 0 amide bonds. The molecule has 0 radical (unpaired) electrons. The molecule has 35 heavy (non-hydrogen) atoms. The van der Waals surface area contributed by atoms with Gasteiger partial charge in [-0.3, -0.25) is 0 Å². The predicted octanol–water partition coefficient (Wildman–Crippen LogP) is 6.72. The molecule has 0 saturated heterocycles. The second kappa shape index (κ2) is 9.67. The van der Waals surface area contributed by atoms with Gasteiger partial charge in [0.1, 0.15) is 6.10 Å². The van der Waals surface area contributed by atoms with Gasteiger partial charge in [0, 0.05) is 0 Å². The van der Waals surface area contributed by atoms with Crippen molar-refractivity contribution in [1.82, 2.24) is 4.57 Å². The highest BCUT2D eigenvalue weighted by molar-refractivity contribution is 5.82. The third-order valence-corrected chi connectivity index (χ3v) is 7.48. The number of hydrogen-bond acceptors (Lipinski definition) is 2. The fraction of sp³-hybridized carbons (Fsp3) is 0.500. The maximum atomic E-state index is 13.5. The molecular weight excluding hydrogens is 453 g/mol. The van der Waals surface area contributed by atoms with Crippen LogP contribution in [-0.2, 0) is 22.8 Å². The lowest BCUT2D eigenvalue weighted by Crippen LogP contribution is -2.38.